The van der Waals surface area contributed by atoms with Gasteiger partial charge in [-0.15, -0.1) is 0 Å². The summed E-state index contributed by atoms with van der Waals surface area (Å²) in [6, 6.07) is 3.40. The van der Waals surface area contributed by atoms with Crippen molar-refractivity contribution in [3.8, 4) is 11.3 Å². The van der Waals surface area contributed by atoms with Gasteiger partial charge < -0.3 is 15.4 Å². The van der Waals surface area contributed by atoms with Gasteiger partial charge in [0.05, 0.1) is 29.1 Å². The van der Waals surface area contributed by atoms with E-state index < -0.39 is 11.6 Å². The topological polar surface area (TPSA) is 104 Å². The Morgan fingerprint density at radius 3 is 2.68 bits per heavy atom. The second-order valence-electron chi connectivity index (χ2n) is 6.69. The summed E-state index contributed by atoms with van der Waals surface area (Å²) < 4.78 is 0. The van der Waals surface area contributed by atoms with Gasteiger partial charge in [0.2, 0.25) is 0 Å². The van der Waals surface area contributed by atoms with E-state index in [0.29, 0.717) is 22.4 Å². The van der Waals surface area contributed by atoms with Gasteiger partial charge in [0.15, 0.2) is 5.65 Å². The molecule has 3 aromatic heterocycles. The molecule has 3 aromatic rings. The molecule has 25 heavy (non-hydrogen) atoms. The molecule has 1 atom stereocenters. The minimum atomic E-state index is -1.02. The summed E-state index contributed by atoms with van der Waals surface area (Å²) in [6.45, 7) is 6.96. The van der Waals surface area contributed by atoms with Crippen molar-refractivity contribution in [3.63, 3.8) is 0 Å². The molecule has 0 aromatic carbocycles. The minimum absolute atomic E-state index is 0.311. The number of amides is 1. The van der Waals surface area contributed by atoms with E-state index in [1.54, 1.807) is 39.4 Å². The van der Waals surface area contributed by atoms with Gasteiger partial charge in [0.25, 0.3) is 5.91 Å². The third-order valence-electron chi connectivity index (χ3n) is 4.24. The van der Waals surface area contributed by atoms with E-state index in [-0.39, 0.29) is 5.91 Å². The molecule has 0 aliphatic heterocycles. The SMILES string of the molecule is Cc1ccc(-c2cnc3[nH]cc(C(=O)NC(C)C(C)(C)O)c3n2)cn1. The fourth-order valence-corrected chi connectivity index (χ4v) is 2.27. The molecule has 1 unspecified atom stereocenters. The molecule has 3 heterocycles. The highest BCUT2D eigenvalue weighted by Gasteiger charge is 2.25. The van der Waals surface area contributed by atoms with Gasteiger partial charge in [-0.05, 0) is 39.8 Å². The van der Waals surface area contributed by atoms with Gasteiger partial charge in [-0.1, -0.05) is 0 Å². The van der Waals surface area contributed by atoms with Crippen LogP contribution in [0.3, 0.4) is 0 Å². The molecule has 0 saturated carbocycles. The number of aromatic amines is 1. The van der Waals surface area contributed by atoms with Crippen LogP contribution in [0.1, 0.15) is 36.8 Å². The average molecular weight is 339 g/mol. The number of pyridine rings is 1. The Kier molecular flexibility index (Phi) is 4.26. The molecular formula is C18H21N5O2. The van der Waals surface area contributed by atoms with E-state index in [1.165, 1.54) is 0 Å². The molecular weight excluding hydrogens is 318 g/mol. The standard InChI is InChI=1S/C18H21N5O2/c1-10-5-6-12(7-19-10)14-9-21-16-15(23-14)13(8-20-16)17(24)22-11(2)18(3,4)25/h5-9,11,25H,1-4H3,(H,20,21)(H,22,24). The average Bonchev–Trinajstić information content (AvgIpc) is 2.97. The second-order valence-corrected chi connectivity index (χ2v) is 6.69. The number of nitrogens with zero attached hydrogens (tertiary/aromatic N) is 3. The van der Waals surface area contributed by atoms with Crippen LogP contribution in [0.5, 0.6) is 0 Å². The molecule has 7 nitrogen and oxygen atoms in total. The Bertz CT molecular complexity index is 909. The number of aromatic nitrogens is 4. The maximum Gasteiger partial charge on any atom is 0.255 e. The monoisotopic (exact) mass is 339 g/mol. The van der Waals surface area contributed by atoms with Crippen molar-refractivity contribution in [3.05, 3.63) is 42.0 Å². The number of aliphatic hydroxyl groups is 1. The van der Waals surface area contributed by atoms with Crippen LogP contribution < -0.4 is 5.32 Å². The zero-order chi connectivity index (χ0) is 18.2. The maximum absolute atomic E-state index is 12.5. The largest absolute Gasteiger partial charge is 0.388 e. The number of carbonyl (C=O) groups is 1. The number of nitrogens with one attached hydrogen (secondary N) is 2. The van der Waals surface area contributed by atoms with Gasteiger partial charge in [0.1, 0.15) is 5.52 Å². The molecule has 3 rings (SSSR count). The van der Waals surface area contributed by atoms with Crippen molar-refractivity contribution in [2.75, 3.05) is 0 Å². The Balaban J connectivity index is 1.96. The highest BCUT2D eigenvalue weighted by molar-refractivity contribution is 6.04. The Hall–Kier alpha value is -2.80. The third-order valence-corrected chi connectivity index (χ3v) is 4.24. The van der Waals surface area contributed by atoms with Gasteiger partial charge in [-0.25, -0.2) is 9.97 Å². The zero-order valence-electron chi connectivity index (χ0n) is 14.7. The predicted octanol–water partition coefficient (Wildman–Crippen LogP) is 2.22. The van der Waals surface area contributed by atoms with Crippen LogP contribution in [-0.2, 0) is 0 Å². The number of H-pyrrole nitrogens is 1. The first-order chi connectivity index (χ1) is 11.8. The second kappa shape index (κ2) is 6.25. The fraction of sp³-hybridized carbons (Fsp3) is 0.333. The molecule has 0 bridgehead atoms. The molecule has 0 aliphatic rings. The van der Waals surface area contributed by atoms with Crippen LogP contribution in [0, 0.1) is 6.92 Å². The molecule has 130 valence electrons. The highest BCUT2D eigenvalue weighted by Crippen LogP contribution is 2.21. The smallest absolute Gasteiger partial charge is 0.255 e. The lowest BCUT2D eigenvalue weighted by Gasteiger charge is -2.26. The van der Waals surface area contributed by atoms with Crippen LogP contribution in [-0.4, -0.2) is 42.6 Å². The van der Waals surface area contributed by atoms with Crippen LogP contribution >= 0.6 is 0 Å². The lowest BCUT2D eigenvalue weighted by atomic mass is 10.0. The maximum atomic E-state index is 12.5. The molecule has 0 aliphatic carbocycles. The first kappa shape index (κ1) is 17.0. The van der Waals surface area contributed by atoms with E-state index in [4.69, 9.17) is 0 Å². The van der Waals surface area contributed by atoms with E-state index in [0.717, 1.165) is 11.3 Å². The van der Waals surface area contributed by atoms with Crippen molar-refractivity contribution in [1.29, 1.82) is 0 Å². The van der Waals surface area contributed by atoms with Gasteiger partial charge in [0, 0.05) is 23.7 Å². The lowest BCUT2D eigenvalue weighted by Crippen LogP contribution is -2.47. The zero-order valence-corrected chi connectivity index (χ0v) is 14.7. The highest BCUT2D eigenvalue weighted by atomic mass is 16.3. The molecule has 0 saturated heterocycles. The summed E-state index contributed by atoms with van der Waals surface area (Å²) in [5, 5.41) is 12.8. The Labute approximate surface area is 145 Å². The number of carbonyl (C=O) groups excluding carboxylic acids is 1. The molecule has 0 radical (unpaired) electrons. The molecule has 0 fully saturated rings. The minimum Gasteiger partial charge on any atom is -0.388 e. The summed E-state index contributed by atoms with van der Waals surface area (Å²) >= 11 is 0. The number of hydrogen-bond acceptors (Lipinski definition) is 5. The fourth-order valence-electron chi connectivity index (χ4n) is 2.27. The van der Waals surface area contributed by atoms with Crippen molar-refractivity contribution in [2.24, 2.45) is 0 Å². The van der Waals surface area contributed by atoms with Gasteiger partial charge in [-0.2, -0.15) is 0 Å². The predicted molar refractivity (Wildman–Crippen MR) is 95.1 cm³/mol. The van der Waals surface area contributed by atoms with Crippen LogP contribution in [0.25, 0.3) is 22.4 Å². The van der Waals surface area contributed by atoms with Crippen LogP contribution in [0.2, 0.25) is 0 Å². The number of aryl methyl sites for hydroxylation is 1. The van der Waals surface area contributed by atoms with E-state index >= 15 is 0 Å². The summed E-state index contributed by atoms with van der Waals surface area (Å²) in [7, 11) is 0. The summed E-state index contributed by atoms with van der Waals surface area (Å²) in [5.74, 6) is -0.311. The number of fused-ring (bicyclic) bond motifs is 1. The third kappa shape index (κ3) is 3.51. The first-order valence-corrected chi connectivity index (χ1v) is 8.06. The molecule has 0 spiro atoms. The Morgan fingerprint density at radius 1 is 1.28 bits per heavy atom. The number of hydrogen-bond donors (Lipinski definition) is 3. The molecule has 1 amide bonds. The molecule has 3 N–H and O–H groups in total. The van der Waals surface area contributed by atoms with Crippen LogP contribution in [0.4, 0.5) is 0 Å². The molecule has 7 heteroatoms. The summed E-state index contributed by atoms with van der Waals surface area (Å²) in [4.78, 5) is 28.7. The van der Waals surface area contributed by atoms with Crippen molar-refractivity contribution >= 4 is 17.1 Å². The van der Waals surface area contributed by atoms with E-state index in [1.807, 2.05) is 19.1 Å². The number of rotatable bonds is 4. The van der Waals surface area contributed by atoms with Crippen LogP contribution in [0.15, 0.2) is 30.7 Å². The first-order valence-electron chi connectivity index (χ1n) is 8.06. The van der Waals surface area contributed by atoms with Crippen molar-refractivity contribution in [1.82, 2.24) is 25.3 Å². The van der Waals surface area contributed by atoms with Gasteiger partial charge in [-0.3, -0.25) is 9.78 Å². The van der Waals surface area contributed by atoms with Gasteiger partial charge >= 0.3 is 0 Å². The van der Waals surface area contributed by atoms with Crippen molar-refractivity contribution in [2.45, 2.75) is 39.3 Å². The Morgan fingerprint density at radius 2 is 2.04 bits per heavy atom. The normalized spacial score (nSPS) is 13.0. The van der Waals surface area contributed by atoms with E-state index in [2.05, 4.69) is 25.3 Å². The summed E-state index contributed by atoms with van der Waals surface area (Å²) in [6.07, 6.45) is 4.95. The van der Waals surface area contributed by atoms with Crippen molar-refractivity contribution < 1.29 is 9.90 Å². The quantitative estimate of drug-likeness (QED) is 0.676. The van der Waals surface area contributed by atoms with E-state index in [9.17, 15) is 9.90 Å². The lowest BCUT2D eigenvalue weighted by molar-refractivity contribution is 0.0409. The summed E-state index contributed by atoms with van der Waals surface area (Å²) in [5.41, 5.74) is 2.78.